The first-order valence-corrected chi connectivity index (χ1v) is 8.34. The van der Waals surface area contributed by atoms with Crippen molar-refractivity contribution >= 4 is 17.2 Å². The van der Waals surface area contributed by atoms with Gasteiger partial charge < -0.3 is 10.0 Å². The number of thiophene rings is 1. The van der Waals surface area contributed by atoms with Crippen LogP contribution in [-0.4, -0.2) is 35.6 Å². The number of aryl methyl sites for hydroxylation is 1. The Balaban J connectivity index is 2.87. The third-order valence-electron chi connectivity index (χ3n) is 3.47. The molecule has 0 fully saturated rings. The third kappa shape index (κ3) is 5.18. The summed E-state index contributed by atoms with van der Waals surface area (Å²) in [6.07, 6.45) is 1.54. The molecule has 0 aromatic carbocycles. The summed E-state index contributed by atoms with van der Waals surface area (Å²) in [5.41, 5.74) is 1.04. The van der Waals surface area contributed by atoms with Crippen LogP contribution in [0.5, 0.6) is 0 Å². The van der Waals surface area contributed by atoms with E-state index in [2.05, 4.69) is 25.7 Å². The first kappa shape index (κ1) is 17.7. The summed E-state index contributed by atoms with van der Waals surface area (Å²) >= 11 is 1.45. The maximum absolute atomic E-state index is 12.6. The molecule has 21 heavy (non-hydrogen) atoms. The van der Waals surface area contributed by atoms with Gasteiger partial charge in [-0.1, -0.05) is 32.1 Å². The smallest absolute Gasteiger partial charge is 0.263 e. The summed E-state index contributed by atoms with van der Waals surface area (Å²) in [5.74, 6) is 6.56. The summed E-state index contributed by atoms with van der Waals surface area (Å²) < 4.78 is 0. The molecule has 0 saturated carbocycles. The molecule has 0 aliphatic heterocycles. The van der Waals surface area contributed by atoms with Crippen molar-refractivity contribution < 1.29 is 9.90 Å². The summed E-state index contributed by atoms with van der Waals surface area (Å²) in [6.45, 7) is 9.90. The largest absolute Gasteiger partial charge is 0.395 e. The number of carbonyl (C=O) groups excluding carboxylic acids is 1. The molecule has 0 aliphatic carbocycles. The average Bonchev–Trinajstić information content (AvgIpc) is 2.85. The van der Waals surface area contributed by atoms with Crippen molar-refractivity contribution in [1.82, 2.24) is 4.90 Å². The minimum absolute atomic E-state index is 0.0712. The molecule has 1 heterocycles. The second kappa shape index (κ2) is 8.86. The Hall–Kier alpha value is -1.31. The zero-order valence-electron chi connectivity index (χ0n) is 13.4. The Labute approximate surface area is 132 Å². The van der Waals surface area contributed by atoms with Crippen molar-refractivity contribution in [1.29, 1.82) is 0 Å². The molecule has 1 unspecified atom stereocenters. The topological polar surface area (TPSA) is 40.5 Å². The van der Waals surface area contributed by atoms with Crippen LogP contribution in [0.1, 0.15) is 53.7 Å². The molecule has 0 aliphatic rings. The molecule has 0 saturated heterocycles. The maximum Gasteiger partial charge on any atom is 0.263 e. The van der Waals surface area contributed by atoms with E-state index in [0.717, 1.165) is 34.8 Å². The van der Waals surface area contributed by atoms with Crippen molar-refractivity contribution in [2.45, 2.75) is 40.5 Å². The molecule has 1 rings (SSSR count). The Morgan fingerprint density at radius 1 is 1.48 bits per heavy atom. The maximum atomic E-state index is 12.6. The van der Waals surface area contributed by atoms with Gasteiger partial charge in [-0.25, -0.2) is 0 Å². The monoisotopic (exact) mass is 307 g/mol. The second-order valence-electron chi connectivity index (χ2n) is 5.26. The highest BCUT2D eigenvalue weighted by atomic mass is 32.1. The number of carbonyl (C=O) groups is 1. The van der Waals surface area contributed by atoms with Crippen LogP contribution in [-0.2, 0) is 0 Å². The molecule has 1 aromatic heterocycles. The molecule has 1 atom stereocenters. The van der Waals surface area contributed by atoms with Gasteiger partial charge in [-0.3, -0.25) is 4.79 Å². The molecule has 1 aromatic rings. The first-order valence-electron chi connectivity index (χ1n) is 7.52. The highest BCUT2D eigenvalue weighted by molar-refractivity contribution is 7.14. The molecular formula is C17H25NO2S. The molecule has 1 amide bonds. The van der Waals surface area contributed by atoms with E-state index in [-0.39, 0.29) is 12.5 Å². The summed E-state index contributed by atoms with van der Waals surface area (Å²) in [6, 6.07) is 1.93. The number of rotatable bonds is 6. The van der Waals surface area contributed by atoms with Crippen LogP contribution in [0.2, 0.25) is 0 Å². The molecule has 4 heteroatoms. The van der Waals surface area contributed by atoms with Gasteiger partial charge in [0, 0.05) is 19.5 Å². The van der Waals surface area contributed by atoms with Crippen molar-refractivity contribution in [3.63, 3.8) is 0 Å². The highest BCUT2D eigenvalue weighted by Gasteiger charge is 2.19. The van der Waals surface area contributed by atoms with E-state index in [9.17, 15) is 4.79 Å². The lowest BCUT2D eigenvalue weighted by atomic mass is 10.1. The zero-order valence-corrected chi connectivity index (χ0v) is 14.2. The molecule has 3 nitrogen and oxygen atoms in total. The van der Waals surface area contributed by atoms with Crippen LogP contribution in [0.15, 0.2) is 6.07 Å². The van der Waals surface area contributed by atoms with Crippen LogP contribution >= 0.6 is 11.3 Å². The average molecular weight is 307 g/mol. The van der Waals surface area contributed by atoms with Crippen LogP contribution in [0.4, 0.5) is 0 Å². The Bertz CT molecular complexity index is 525. The Morgan fingerprint density at radius 3 is 2.76 bits per heavy atom. The normalized spacial score (nSPS) is 11.7. The third-order valence-corrected chi connectivity index (χ3v) is 4.61. The van der Waals surface area contributed by atoms with E-state index in [1.807, 2.05) is 24.8 Å². The standard InChI is InChI=1S/C17H25NO2S/c1-5-13(3)12-18(6-2)17(20)16-11-14(4)15(21-16)9-7-8-10-19/h11,13,19H,5-6,8,10,12H2,1-4H3. The van der Waals surface area contributed by atoms with Gasteiger partial charge in [0.2, 0.25) is 0 Å². The zero-order chi connectivity index (χ0) is 15.8. The Morgan fingerprint density at radius 2 is 2.19 bits per heavy atom. The van der Waals surface area contributed by atoms with Crippen molar-refractivity contribution in [2.24, 2.45) is 5.92 Å². The van der Waals surface area contributed by atoms with Gasteiger partial charge in [0.05, 0.1) is 16.4 Å². The fourth-order valence-corrected chi connectivity index (χ4v) is 2.94. The van der Waals surface area contributed by atoms with Gasteiger partial charge in [0.25, 0.3) is 5.91 Å². The summed E-state index contributed by atoms with van der Waals surface area (Å²) in [5, 5.41) is 8.76. The SMILES string of the molecule is CCC(C)CN(CC)C(=O)c1cc(C)c(C#CCCO)s1. The van der Waals surface area contributed by atoms with Gasteiger partial charge in [0.1, 0.15) is 0 Å². The predicted octanol–water partition coefficient (Wildman–Crippen LogP) is 3.30. The molecule has 0 bridgehead atoms. The number of nitrogens with zero attached hydrogens (tertiary/aromatic N) is 1. The molecule has 0 radical (unpaired) electrons. The number of hydrogen-bond acceptors (Lipinski definition) is 3. The number of aliphatic hydroxyl groups excluding tert-OH is 1. The first-order chi connectivity index (χ1) is 10.0. The Kier molecular flexibility index (Phi) is 7.49. The van der Waals surface area contributed by atoms with E-state index in [1.165, 1.54) is 11.3 Å². The summed E-state index contributed by atoms with van der Waals surface area (Å²) in [7, 11) is 0. The lowest BCUT2D eigenvalue weighted by Crippen LogP contribution is -2.34. The van der Waals surface area contributed by atoms with Crippen LogP contribution in [0, 0.1) is 24.7 Å². The molecular weight excluding hydrogens is 282 g/mol. The summed E-state index contributed by atoms with van der Waals surface area (Å²) in [4.78, 5) is 16.2. The second-order valence-corrected chi connectivity index (χ2v) is 6.31. The van der Waals surface area contributed by atoms with Crippen LogP contribution in [0.25, 0.3) is 0 Å². The van der Waals surface area contributed by atoms with Crippen molar-refractivity contribution in [3.05, 3.63) is 21.4 Å². The van der Waals surface area contributed by atoms with Gasteiger partial charge in [-0.15, -0.1) is 11.3 Å². The van der Waals surface area contributed by atoms with Crippen LogP contribution < -0.4 is 0 Å². The molecule has 1 N–H and O–H groups in total. The number of hydrogen-bond donors (Lipinski definition) is 1. The van der Waals surface area contributed by atoms with Crippen molar-refractivity contribution in [3.8, 4) is 11.8 Å². The fraction of sp³-hybridized carbons (Fsp3) is 0.588. The van der Waals surface area contributed by atoms with E-state index < -0.39 is 0 Å². The number of amides is 1. The molecule has 0 spiro atoms. The highest BCUT2D eigenvalue weighted by Crippen LogP contribution is 2.23. The van der Waals surface area contributed by atoms with Gasteiger partial charge in [-0.2, -0.15) is 0 Å². The fourth-order valence-electron chi connectivity index (χ4n) is 1.93. The quantitative estimate of drug-likeness (QED) is 0.819. The predicted molar refractivity (Wildman–Crippen MR) is 88.7 cm³/mol. The van der Waals surface area contributed by atoms with E-state index in [1.54, 1.807) is 0 Å². The molecule has 116 valence electrons. The lowest BCUT2D eigenvalue weighted by molar-refractivity contribution is 0.0745. The van der Waals surface area contributed by atoms with Crippen LogP contribution in [0.3, 0.4) is 0 Å². The van der Waals surface area contributed by atoms with Gasteiger partial charge in [0.15, 0.2) is 0 Å². The van der Waals surface area contributed by atoms with E-state index in [4.69, 9.17) is 5.11 Å². The minimum Gasteiger partial charge on any atom is -0.395 e. The minimum atomic E-state index is 0.0712. The van der Waals surface area contributed by atoms with Crippen molar-refractivity contribution in [2.75, 3.05) is 19.7 Å². The van der Waals surface area contributed by atoms with Gasteiger partial charge in [-0.05, 0) is 31.4 Å². The lowest BCUT2D eigenvalue weighted by Gasteiger charge is -2.23. The van der Waals surface area contributed by atoms with E-state index >= 15 is 0 Å². The van der Waals surface area contributed by atoms with E-state index in [0.29, 0.717) is 12.3 Å². The van der Waals surface area contributed by atoms with Gasteiger partial charge >= 0.3 is 0 Å². The number of aliphatic hydroxyl groups is 1.